The lowest BCUT2D eigenvalue weighted by atomic mass is 9.88. The topological polar surface area (TPSA) is 64.3 Å². The van der Waals surface area contributed by atoms with Gasteiger partial charge < -0.3 is 15.8 Å². The van der Waals surface area contributed by atoms with Crippen LogP contribution < -0.4 is 11.1 Å². The molecule has 2 atom stereocenters. The first-order chi connectivity index (χ1) is 9.04. The lowest BCUT2D eigenvalue weighted by molar-refractivity contribution is -0.122. The highest BCUT2D eigenvalue weighted by Gasteiger charge is 2.16. The second-order valence-corrected chi connectivity index (χ2v) is 5.63. The van der Waals surface area contributed by atoms with E-state index in [2.05, 4.69) is 26.1 Å². The first-order valence-electron chi connectivity index (χ1n) is 7.53. The molecule has 0 bridgehead atoms. The van der Waals surface area contributed by atoms with E-state index >= 15 is 0 Å². The summed E-state index contributed by atoms with van der Waals surface area (Å²) in [5.74, 6) is 1.27. The van der Waals surface area contributed by atoms with Crippen LogP contribution in [0.2, 0.25) is 0 Å². The minimum Gasteiger partial charge on any atom is -0.383 e. The van der Waals surface area contributed by atoms with Crippen LogP contribution >= 0.6 is 0 Å². The zero-order valence-corrected chi connectivity index (χ0v) is 13.1. The van der Waals surface area contributed by atoms with Gasteiger partial charge in [0.2, 0.25) is 5.91 Å². The van der Waals surface area contributed by atoms with Crippen LogP contribution in [-0.2, 0) is 9.53 Å². The number of nitrogens with two attached hydrogens (primary N) is 1. The van der Waals surface area contributed by atoms with Crippen molar-refractivity contribution >= 4 is 5.91 Å². The molecule has 4 nitrogen and oxygen atoms in total. The standard InChI is InChI=1S/C15H32N2O2/c1-5-6-14(11-19-4)17-15(18)8-7-13(9-10-16)12(2)3/h12-14H,5-11,16H2,1-4H3,(H,17,18). The highest BCUT2D eigenvalue weighted by Crippen LogP contribution is 2.20. The molecule has 0 aliphatic rings. The molecule has 0 aromatic carbocycles. The van der Waals surface area contributed by atoms with E-state index in [-0.39, 0.29) is 11.9 Å². The van der Waals surface area contributed by atoms with Crippen LogP contribution in [0.4, 0.5) is 0 Å². The van der Waals surface area contributed by atoms with E-state index in [1.54, 1.807) is 7.11 Å². The quantitative estimate of drug-likeness (QED) is 0.606. The summed E-state index contributed by atoms with van der Waals surface area (Å²) in [5, 5.41) is 3.06. The fourth-order valence-electron chi connectivity index (χ4n) is 2.39. The SMILES string of the molecule is CCCC(COC)NC(=O)CCC(CCN)C(C)C. The summed E-state index contributed by atoms with van der Waals surface area (Å²) in [7, 11) is 1.67. The number of nitrogens with one attached hydrogen (secondary N) is 1. The monoisotopic (exact) mass is 272 g/mol. The smallest absolute Gasteiger partial charge is 0.220 e. The van der Waals surface area contributed by atoms with E-state index in [1.165, 1.54) is 0 Å². The van der Waals surface area contributed by atoms with Gasteiger partial charge in [-0.25, -0.2) is 0 Å². The van der Waals surface area contributed by atoms with Crippen molar-refractivity contribution in [2.45, 2.75) is 58.9 Å². The normalized spacial score (nSPS) is 14.4. The van der Waals surface area contributed by atoms with Crippen molar-refractivity contribution < 1.29 is 9.53 Å². The molecule has 2 unspecified atom stereocenters. The van der Waals surface area contributed by atoms with Crippen molar-refractivity contribution in [2.75, 3.05) is 20.3 Å². The van der Waals surface area contributed by atoms with Crippen molar-refractivity contribution in [3.05, 3.63) is 0 Å². The summed E-state index contributed by atoms with van der Waals surface area (Å²) in [6.45, 7) is 7.81. The third-order valence-electron chi connectivity index (χ3n) is 3.59. The molecular weight excluding hydrogens is 240 g/mol. The van der Waals surface area contributed by atoms with Crippen molar-refractivity contribution in [1.82, 2.24) is 5.32 Å². The van der Waals surface area contributed by atoms with E-state index in [0.29, 0.717) is 31.4 Å². The summed E-state index contributed by atoms with van der Waals surface area (Å²) >= 11 is 0. The summed E-state index contributed by atoms with van der Waals surface area (Å²) in [4.78, 5) is 11.9. The van der Waals surface area contributed by atoms with Gasteiger partial charge in [0.1, 0.15) is 0 Å². The zero-order valence-electron chi connectivity index (χ0n) is 13.1. The molecule has 0 fully saturated rings. The fraction of sp³-hybridized carbons (Fsp3) is 0.933. The van der Waals surface area contributed by atoms with Crippen molar-refractivity contribution in [2.24, 2.45) is 17.6 Å². The van der Waals surface area contributed by atoms with Gasteiger partial charge in [0.05, 0.1) is 12.6 Å². The Bertz CT molecular complexity index is 226. The van der Waals surface area contributed by atoms with Crippen LogP contribution in [0.1, 0.15) is 52.9 Å². The molecule has 0 aromatic heterocycles. The Kier molecular flexibility index (Phi) is 10.9. The third kappa shape index (κ3) is 9.00. The van der Waals surface area contributed by atoms with E-state index in [1.807, 2.05) is 0 Å². The maximum absolute atomic E-state index is 11.9. The molecule has 0 radical (unpaired) electrons. The van der Waals surface area contributed by atoms with Gasteiger partial charge >= 0.3 is 0 Å². The van der Waals surface area contributed by atoms with E-state index in [9.17, 15) is 4.79 Å². The minimum atomic E-state index is 0.137. The van der Waals surface area contributed by atoms with Gasteiger partial charge in [0.15, 0.2) is 0 Å². The molecule has 0 saturated heterocycles. The molecule has 0 heterocycles. The second kappa shape index (κ2) is 11.2. The summed E-state index contributed by atoms with van der Waals surface area (Å²) in [5.41, 5.74) is 5.62. The Morgan fingerprint density at radius 2 is 1.95 bits per heavy atom. The molecule has 0 aliphatic heterocycles. The zero-order chi connectivity index (χ0) is 14.7. The van der Waals surface area contributed by atoms with Crippen LogP contribution in [0, 0.1) is 11.8 Å². The van der Waals surface area contributed by atoms with Crippen LogP contribution in [0.3, 0.4) is 0 Å². The number of hydrogen-bond donors (Lipinski definition) is 2. The number of rotatable bonds is 11. The predicted molar refractivity (Wildman–Crippen MR) is 79.9 cm³/mol. The Morgan fingerprint density at radius 3 is 2.42 bits per heavy atom. The van der Waals surface area contributed by atoms with E-state index in [0.717, 1.165) is 25.7 Å². The Hall–Kier alpha value is -0.610. The maximum Gasteiger partial charge on any atom is 0.220 e. The highest BCUT2D eigenvalue weighted by atomic mass is 16.5. The molecule has 4 heteroatoms. The lowest BCUT2D eigenvalue weighted by Crippen LogP contribution is -2.38. The van der Waals surface area contributed by atoms with Gasteiger partial charge in [-0.05, 0) is 37.6 Å². The van der Waals surface area contributed by atoms with Crippen molar-refractivity contribution in [1.29, 1.82) is 0 Å². The molecule has 0 saturated carbocycles. The average molecular weight is 272 g/mol. The van der Waals surface area contributed by atoms with Crippen LogP contribution in [0.15, 0.2) is 0 Å². The Labute approximate surface area is 118 Å². The molecule has 0 aliphatic carbocycles. The van der Waals surface area contributed by atoms with Gasteiger partial charge in [-0.15, -0.1) is 0 Å². The minimum absolute atomic E-state index is 0.137. The Balaban J connectivity index is 4.06. The van der Waals surface area contributed by atoms with Gasteiger partial charge in [0, 0.05) is 13.5 Å². The molecule has 0 spiro atoms. The second-order valence-electron chi connectivity index (χ2n) is 5.63. The Morgan fingerprint density at radius 1 is 1.26 bits per heavy atom. The van der Waals surface area contributed by atoms with Gasteiger partial charge in [-0.3, -0.25) is 4.79 Å². The summed E-state index contributed by atoms with van der Waals surface area (Å²) in [6, 6.07) is 0.148. The van der Waals surface area contributed by atoms with Crippen molar-refractivity contribution in [3.8, 4) is 0 Å². The summed E-state index contributed by atoms with van der Waals surface area (Å²) < 4.78 is 5.13. The lowest BCUT2D eigenvalue weighted by Gasteiger charge is -2.21. The molecule has 3 N–H and O–H groups in total. The third-order valence-corrected chi connectivity index (χ3v) is 3.59. The fourth-order valence-corrected chi connectivity index (χ4v) is 2.39. The molecule has 114 valence electrons. The van der Waals surface area contributed by atoms with E-state index in [4.69, 9.17) is 10.5 Å². The molecule has 0 aromatic rings. The van der Waals surface area contributed by atoms with Gasteiger partial charge in [-0.1, -0.05) is 27.2 Å². The maximum atomic E-state index is 11.9. The van der Waals surface area contributed by atoms with Gasteiger partial charge in [-0.2, -0.15) is 0 Å². The van der Waals surface area contributed by atoms with E-state index < -0.39 is 0 Å². The summed E-state index contributed by atoms with van der Waals surface area (Å²) in [6.07, 6.45) is 4.53. The largest absolute Gasteiger partial charge is 0.383 e. The average Bonchev–Trinajstić information content (AvgIpc) is 2.34. The molecule has 0 rings (SSSR count). The first kappa shape index (κ1) is 18.4. The van der Waals surface area contributed by atoms with Gasteiger partial charge in [0.25, 0.3) is 0 Å². The highest BCUT2D eigenvalue weighted by molar-refractivity contribution is 5.76. The number of amides is 1. The number of methoxy groups -OCH3 is 1. The van der Waals surface area contributed by atoms with Crippen LogP contribution in [-0.4, -0.2) is 32.2 Å². The number of carbonyl (C=O) groups excluding carboxylic acids is 1. The van der Waals surface area contributed by atoms with Crippen LogP contribution in [0.5, 0.6) is 0 Å². The molecule has 1 amide bonds. The number of carbonyl (C=O) groups is 1. The first-order valence-corrected chi connectivity index (χ1v) is 7.53. The number of hydrogen-bond acceptors (Lipinski definition) is 3. The van der Waals surface area contributed by atoms with Crippen LogP contribution in [0.25, 0.3) is 0 Å². The van der Waals surface area contributed by atoms with Crippen molar-refractivity contribution in [3.63, 3.8) is 0 Å². The molecular formula is C15H32N2O2. The molecule has 19 heavy (non-hydrogen) atoms. The number of ether oxygens (including phenoxy) is 1. The predicted octanol–water partition coefficient (Wildman–Crippen LogP) is 2.32.